The van der Waals surface area contributed by atoms with Crippen LogP contribution < -0.4 is 5.32 Å². The molecule has 1 unspecified atom stereocenters. The average molecular weight is 444 g/mol. The topological polar surface area (TPSA) is 85.1 Å². The van der Waals surface area contributed by atoms with E-state index in [-0.39, 0.29) is 11.4 Å². The van der Waals surface area contributed by atoms with E-state index in [2.05, 4.69) is 25.6 Å². The minimum absolute atomic E-state index is 0.00922. The van der Waals surface area contributed by atoms with E-state index in [1.807, 2.05) is 6.07 Å². The van der Waals surface area contributed by atoms with Gasteiger partial charge < -0.3 is 5.32 Å². The van der Waals surface area contributed by atoms with Crippen LogP contribution in [-0.4, -0.2) is 37.8 Å². The number of hydrogen-bond acceptors (Lipinski definition) is 5. The van der Waals surface area contributed by atoms with Crippen molar-refractivity contribution in [3.63, 3.8) is 0 Å². The molecule has 164 valence electrons. The van der Waals surface area contributed by atoms with Crippen molar-refractivity contribution in [2.45, 2.75) is 12.6 Å². The van der Waals surface area contributed by atoms with E-state index in [0.717, 1.165) is 10.9 Å². The summed E-state index contributed by atoms with van der Waals surface area (Å²) in [6.07, 6.45) is 1.68. The molecule has 0 aliphatic carbocycles. The van der Waals surface area contributed by atoms with Crippen LogP contribution in [0, 0.1) is 5.82 Å². The first-order valence-electron chi connectivity index (χ1n) is 10.2. The normalized spacial score (nSPS) is 13.2. The fourth-order valence-corrected chi connectivity index (χ4v) is 3.73. The molecule has 0 fully saturated rings. The standard InChI is InChI=1S/C24H18F2N6O/c1-24(26,16-6-8-19-14(12-16)4-3-11-28-19)23-30-29-21-10-9-20(31-32(21)23)15-5-7-17(18(25)13-15)22(33)27-2/h3-13H,1-2H3,(H,27,33). The van der Waals surface area contributed by atoms with E-state index in [4.69, 9.17) is 0 Å². The summed E-state index contributed by atoms with van der Waals surface area (Å²) in [5, 5.41) is 15.8. The number of aromatic nitrogens is 5. The van der Waals surface area contributed by atoms with Gasteiger partial charge in [0, 0.05) is 24.2 Å². The highest BCUT2D eigenvalue weighted by Gasteiger charge is 2.35. The van der Waals surface area contributed by atoms with Crippen LogP contribution >= 0.6 is 0 Å². The fourth-order valence-electron chi connectivity index (χ4n) is 3.73. The Morgan fingerprint density at radius 3 is 2.70 bits per heavy atom. The Kier molecular flexibility index (Phi) is 4.81. The largest absolute Gasteiger partial charge is 0.355 e. The van der Waals surface area contributed by atoms with Crippen molar-refractivity contribution in [2.24, 2.45) is 0 Å². The van der Waals surface area contributed by atoms with Gasteiger partial charge in [0.2, 0.25) is 0 Å². The minimum atomic E-state index is -2.01. The summed E-state index contributed by atoms with van der Waals surface area (Å²) in [4.78, 5) is 16.0. The average Bonchev–Trinajstić information content (AvgIpc) is 3.27. The van der Waals surface area contributed by atoms with Crippen LogP contribution in [0.5, 0.6) is 0 Å². The minimum Gasteiger partial charge on any atom is -0.355 e. The monoisotopic (exact) mass is 444 g/mol. The number of carbonyl (C=O) groups is 1. The molecule has 1 atom stereocenters. The van der Waals surface area contributed by atoms with Gasteiger partial charge in [0.05, 0.1) is 16.8 Å². The van der Waals surface area contributed by atoms with Crippen molar-refractivity contribution < 1.29 is 13.6 Å². The summed E-state index contributed by atoms with van der Waals surface area (Å²) >= 11 is 0. The molecule has 0 aliphatic rings. The van der Waals surface area contributed by atoms with Gasteiger partial charge in [0.1, 0.15) is 5.82 Å². The zero-order valence-corrected chi connectivity index (χ0v) is 17.8. The number of amides is 1. The molecule has 1 N–H and O–H groups in total. The van der Waals surface area contributed by atoms with Crippen molar-refractivity contribution in [3.8, 4) is 11.3 Å². The molecule has 9 heteroatoms. The molecule has 0 bridgehead atoms. The third-order valence-electron chi connectivity index (χ3n) is 5.56. The maximum absolute atomic E-state index is 16.1. The summed E-state index contributed by atoms with van der Waals surface area (Å²) < 4.78 is 31.9. The lowest BCUT2D eigenvalue weighted by molar-refractivity contribution is 0.0959. The van der Waals surface area contributed by atoms with Crippen molar-refractivity contribution >= 4 is 22.5 Å². The maximum Gasteiger partial charge on any atom is 0.253 e. The quantitative estimate of drug-likeness (QED) is 0.452. The lowest BCUT2D eigenvalue weighted by Crippen LogP contribution is -2.22. The van der Waals surface area contributed by atoms with Crippen LogP contribution in [0.25, 0.3) is 27.8 Å². The molecule has 0 radical (unpaired) electrons. The Labute approximate surface area is 187 Å². The number of pyridine rings is 1. The third kappa shape index (κ3) is 3.47. The zero-order chi connectivity index (χ0) is 23.2. The van der Waals surface area contributed by atoms with E-state index in [0.29, 0.717) is 22.5 Å². The number of benzene rings is 2. The molecular formula is C24H18F2N6O. The molecule has 5 aromatic rings. The van der Waals surface area contributed by atoms with E-state index >= 15 is 4.39 Å². The van der Waals surface area contributed by atoms with Gasteiger partial charge in [-0.2, -0.15) is 9.61 Å². The molecule has 0 aliphatic heterocycles. The number of alkyl halides is 1. The second-order valence-electron chi connectivity index (χ2n) is 7.70. The summed E-state index contributed by atoms with van der Waals surface area (Å²) in [5.41, 5.74) is 0.209. The van der Waals surface area contributed by atoms with Gasteiger partial charge in [-0.3, -0.25) is 9.78 Å². The second-order valence-corrected chi connectivity index (χ2v) is 7.70. The van der Waals surface area contributed by atoms with Gasteiger partial charge in [-0.15, -0.1) is 10.2 Å². The highest BCUT2D eigenvalue weighted by Crippen LogP contribution is 2.34. The summed E-state index contributed by atoms with van der Waals surface area (Å²) in [5.74, 6) is -1.22. The number of carbonyl (C=O) groups excluding carboxylic acids is 1. The molecule has 5 rings (SSSR count). The van der Waals surface area contributed by atoms with Gasteiger partial charge in [-0.25, -0.2) is 8.78 Å². The van der Waals surface area contributed by atoms with E-state index in [9.17, 15) is 9.18 Å². The molecule has 3 aromatic heterocycles. The predicted octanol–water partition coefficient (Wildman–Crippen LogP) is 4.07. The van der Waals surface area contributed by atoms with Crippen LogP contribution in [0.1, 0.15) is 28.7 Å². The van der Waals surface area contributed by atoms with Crippen molar-refractivity contribution in [1.82, 2.24) is 30.1 Å². The highest BCUT2D eigenvalue weighted by molar-refractivity contribution is 5.94. The number of rotatable bonds is 4. The van der Waals surface area contributed by atoms with Crippen molar-refractivity contribution in [1.29, 1.82) is 0 Å². The predicted molar refractivity (Wildman–Crippen MR) is 119 cm³/mol. The molecule has 1 amide bonds. The van der Waals surface area contributed by atoms with Gasteiger partial charge in [-0.05, 0) is 55.0 Å². The Morgan fingerprint density at radius 1 is 1.06 bits per heavy atom. The molecule has 33 heavy (non-hydrogen) atoms. The van der Waals surface area contributed by atoms with E-state index in [1.165, 1.54) is 30.6 Å². The van der Waals surface area contributed by atoms with Crippen LogP contribution in [-0.2, 0) is 5.67 Å². The van der Waals surface area contributed by atoms with Gasteiger partial charge >= 0.3 is 0 Å². The Balaban J connectivity index is 1.59. The third-order valence-corrected chi connectivity index (χ3v) is 5.56. The van der Waals surface area contributed by atoms with E-state index in [1.54, 1.807) is 48.7 Å². The summed E-state index contributed by atoms with van der Waals surface area (Å²) in [6.45, 7) is 1.40. The Morgan fingerprint density at radius 2 is 1.91 bits per heavy atom. The Bertz CT molecular complexity index is 1530. The lowest BCUT2D eigenvalue weighted by atomic mass is 9.95. The van der Waals surface area contributed by atoms with Gasteiger partial charge in [0.25, 0.3) is 5.91 Å². The number of nitrogens with one attached hydrogen (secondary N) is 1. The zero-order valence-electron chi connectivity index (χ0n) is 17.8. The summed E-state index contributed by atoms with van der Waals surface area (Å²) in [7, 11) is 1.43. The van der Waals surface area contributed by atoms with Crippen molar-refractivity contribution in [3.05, 3.63) is 89.6 Å². The molecule has 2 aromatic carbocycles. The number of hydrogen-bond donors (Lipinski definition) is 1. The van der Waals surface area contributed by atoms with Crippen LogP contribution in [0.3, 0.4) is 0 Å². The molecule has 0 spiro atoms. The number of fused-ring (bicyclic) bond motifs is 2. The fraction of sp³-hybridized carbons (Fsp3) is 0.125. The summed E-state index contributed by atoms with van der Waals surface area (Å²) in [6, 6.07) is 16.2. The molecule has 7 nitrogen and oxygen atoms in total. The maximum atomic E-state index is 16.1. The lowest BCUT2D eigenvalue weighted by Gasteiger charge is -2.19. The Hall–Kier alpha value is -4.27. The first kappa shape index (κ1) is 20.6. The van der Waals surface area contributed by atoms with Crippen LogP contribution in [0.2, 0.25) is 0 Å². The molecule has 0 saturated heterocycles. The molecular weight excluding hydrogens is 426 g/mol. The smallest absolute Gasteiger partial charge is 0.253 e. The van der Waals surface area contributed by atoms with Crippen LogP contribution in [0.15, 0.2) is 66.9 Å². The molecule has 0 saturated carbocycles. The highest BCUT2D eigenvalue weighted by atomic mass is 19.1. The number of halogens is 2. The second kappa shape index (κ2) is 7.70. The first-order chi connectivity index (χ1) is 15.9. The van der Waals surface area contributed by atoms with Crippen molar-refractivity contribution in [2.75, 3.05) is 7.05 Å². The number of nitrogens with zero attached hydrogens (tertiary/aromatic N) is 5. The SMILES string of the molecule is CNC(=O)c1ccc(-c2ccc3nnc(C(C)(F)c4ccc5ncccc5c4)n3n2)cc1F. The van der Waals surface area contributed by atoms with Gasteiger partial charge in [-0.1, -0.05) is 18.2 Å². The molecule has 3 heterocycles. The van der Waals surface area contributed by atoms with Gasteiger partial charge in [0.15, 0.2) is 17.1 Å². The van der Waals surface area contributed by atoms with Crippen LogP contribution in [0.4, 0.5) is 8.78 Å². The first-order valence-corrected chi connectivity index (χ1v) is 10.2. The van der Waals surface area contributed by atoms with E-state index < -0.39 is 17.4 Å².